The van der Waals surface area contributed by atoms with Crippen molar-refractivity contribution in [1.29, 1.82) is 0 Å². The van der Waals surface area contributed by atoms with Crippen molar-refractivity contribution in [3.63, 3.8) is 0 Å². The topological polar surface area (TPSA) is 64.6 Å². The van der Waals surface area contributed by atoms with Gasteiger partial charge in [0.05, 0.1) is 0 Å². The largest absolute Gasteiger partial charge is 0.459 e. The molecule has 30 heavy (non-hydrogen) atoms. The Morgan fingerprint density at radius 3 is 2.30 bits per heavy atom. The van der Waals surface area contributed by atoms with E-state index in [-0.39, 0.29) is 6.61 Å². The number of carbonyl (C=O) groups is 2. The Hall–Kier alpha value is -3.34. The molecular formula is C25H27NO4. The van der Waals surface area contributed by atoms with Crippen LogP contribution in [0, 0.1) is 0 Å². The lowest BCUT2D eigenvalue weighted by Crippen LogP contribution is -2.45. The van der Waals surface area contributed by atoms with Crippen LogP contribution in [0.1, 0.15) is 31.9 Å². The van der Waals surface area contributed by atoms with E-state index in [1.54, 1.807) is 20.8 Å². The number of carbonyl (C=O) groups excluding carboxylic acids is 2. The summed E-state index contributed by atoms with van der Waals surface area (Å²) >= 11 is 0. The van der Waals surface area contributed by atoms with Crippen LogP contribution in [0.2, 0.25) is 0 Å². The molecule has 0 aliphatic heterocycles. The molecule has 0 fully saturated rings. The van der Waals surface area contributed by atoms with Gasteiger partial charge in [-0.2, -0.15) is 0 Å². The number of rotatable bonds is 6. The van der Waals surface area contributed by atoms with Crippen LogP contribution in [-0.4, -0.2) is 23.7 Å². The van der Waals surface area contributed by atoms with Gasteiger partial charge in [0, 0.05) is 6.42 Å². The van der Waals surface area contributed by atoms with Gasteiger partial charge in [-0.15, -0.1) is 0 Å². The van der Waals surface area contributed by atoms with Gasteiger partial charge in [-0.1, -0.05) is 72.8 Å². The van der Waals surface area contributed by atoms with Gasteiger partial charge in [-0.25, -0.2) is 9.59 Å². The quantitative estimate of drug-likeness (QED) is 0.585. The molecule has 156 valence electrons. The summed E-state index contributed by atoms with van der Waals surface area (Å²) in [5.41, 5.74) is 1.17. The summed E-state index contributed by atoms with van der Waals surface area (Å²) in [6, 6.07) is 22.5. The average molecular weight is 405 g/mol. The number of hydrogen-bond donors (Lipinski definition) is 1. The van der Waals surface area contributed by atoms with E-state index >= 15 is 0 Å². The lowest BCUT2D eigenvalue weighted by Gasteiger charge is -2.23. The number of benzene rings is 3. The zero-order valence-corrected chi connectivity index (χ0v) is 17.6. The predicted octanol–water partition coefficient (Wildman–Crippen LogP) is 5.02. The van der Waals surface area contributed by atoms with Gasteiger partial charge in [0.15, 0.2) is 0 Å². The number of amides is 1. The minimum absolute atomic E-state index is 0.126. The van der Waals surface area contributed by atoms with Gasteiger partial charge in [-0.05, 0) is 42.7 Å². The van der Waals surface area contributed by atoms with Crippen molar-refractivity contribution in [3.8, 4) is 0 Å². The Labute approximate surface area is 177 Å². The summed E-state index contributed by atoms with van der Waals surface area (Å²) in [6.45, 7) is 5.45. The first-order valence-electron chi connectivity index (χ1n) is 9.98. The maximum atomic E-state index is 12.9. The van der Waals surface area contributed by atoms with Gasteiger partial charge in [-0.3, -0.25) is 0 Å². The first-order chi connectivity index (χ1) is 14.3. The Morgan fingerprint density at radius 2 is 1.57 bits per heavy atom. The van der Waals surface area contributed by atoms with Gasteiger partial charge >= 0.3 is 12.1 Å². The molecule has 5 nitrogen and oxygen atoms in total. The number of ether oxygens (including phenoxy) is 2. The summed E-state index contributed by atoms with van der Waals surface area (Å²) in [7, 11) is 0. The molecule has 0 saturated heterocycles. The van der Waals surface area contributed by atoms with Crippen LogP contribution in [0.3, 0.4) is 0 Å². The van der Waals surface area contributed by atoms with Gasteiger partial charge in [0.1, 0.15) is 18.2 Å². The maximum absolute atomic E-state index is 12.9. The fraction of sp³-hybridized carbons (Fsp3) is 0.280. The molecule has 0 aromatic heterocycles. The van der Waals surface area contributed by atoms with Crippen LogP contribution in [0.25, 0.3) is 10.8 Å². The van der Waals surface area contributed by atoms with Crippen LogP contribution in [0.15, 0.2) is 72.8 Å². The minimum Gasteiger partial charge on any atom is -0.459 e. The van der Waals surface area contributed by atoms with E-state index in [2.05, 4.69) is 5.32 Å². The van der Waals surface area contributed by atoms with Crippen molar-refractivity contribution in [3.05, 3.63) is 83.9 Å². The van der Waals surface area contributed by atoms with Crippen molar-refractivity contribution in [1.82, 2.24) is 5.32 Å². The highest BCUT2D eigenvalue weighted by molar-refractivity contribution is 5.86. The second kappa shape index (κ2) is 9.44. The fourth-order valence-electron chi connectivity index (χ4n) is 3.16. The second-order valence-electron chi connectivity index (χ2n) is 8.13. The first kappa shape index (κ1) is 21.4. The molecule has 5 heteroatoms. The zero-order valence-electron chi connectivity index (χ0n) is 17.6. The molecule has 3 aromatic rings. The highest BCUT2D eigenvalue weighted by Gasteiger charge is 2.26. The molecule has 3 aromatic carbocycles. The van der Waals surface area contributed by atoms with Crippen molar-refractivity contribution >= 4 is 22.8 Å². The molecule has 0 heterocycles. The highest BCUT2D eigenvalue weighted by atomic mass is 16.6. The third kappa shape index (κ3) is 6.08. The molecular weight excluding hydrogens is 378 g/mol. The number of fused-ring (bicyclic) bond motifs is 1. The number of esters is 1. The third-order valence-electron chi connectivity index (χ3n) is 4.51. The SMILES string of the molecule is CC(C)(C)OC(=O)N[C@@H](Cc1ccccc1)C(=O)OCc1cccc2ccccc12. The van der Waals surface area contributed by atoms with Crippen LogP contribution in [0.4, 0.5) is 4.79 Å². The van der Waals surface area contributed by atoms with Crippen LogP contribution in [0.5, 0.6) is 0 Å². The predicted molar refractivity (Wildman–Crippen MR) is 117 cm³/mol. The number of nitrogens with one attached hydrogen (secondary N) is 1. The Balaban J connectivity index is 1.72. The van der Waals surface area contributed by atoms with Crippen LogP contribution in [-0.2, 0) is 27.3 Å². The Bertz CT molecular complexity index is 1000. The molecule has 1 N–H and O–H groups in total. The van der Waals surface area contributed by atoms with Gasteiger partial charge in [0.25, 0.3) is 0 Å². The normalized spacial score (nSPS) is 12.2. The van der Waals surface area contributed by atoms with Crippen LogP contribution < -0.4 is 5.32 Å². The van der Waals surface area contributed by atoms with Crippen molar-refractivity contribution in [2.24, 2.45) is 0 Å². The van der Waals surface area contributed by atoms with E-state index in [1.807, 2.05) is 72.8 Å². The lowest BCUT2D eigenvalue weighted by atomic mass is 10.0. The van der Waals surface area contributed by atoms with E-state index in [0.29, 0.717) is 6.42 Å². The minimum atomic E-state index is -0.850. The lowest BCUT2D eigenvalue weighted by molar-refractivity contribution is -0.147. The number of alkyl carbamates (subject to hydrolysis) is 1. The molecule has 0 aliphatic rings. The van der Waals surface area contributed by atoms with E-state index < -0.39 is 23.7 Å². The number of hydrogen-bond acceptors (Lipinski definition) is 4. The van der Waals surface area contributed by atoms with Crippen molar-refractivity contribution in [2.45, 2.75) is 45.4 Å². The summed E-state index contributed by atoms with van der Waals surface area (Å²) < 4.78 is 10.9. The molecule has 0 aliphatic carbocycles. The Morgan fingerprint density at radius 1 is 0.900 bits per heavy atom. The Kier molecular flexibility index (Phi) is 6.72. The molecule has 0 radical (unpaired) electrons. The van der Waals surface area contributed by atoms with Crippen molar-refractivity contribution < 1.29 is 19.1 Å². The molecule has 1 atom stereocenters. The van der Waals surface area contributed by atoms with E-state index in [0.717, 1.165) is 21.9 Å². The van der Waals surface area contributed by atoms with E-state index in [4.69, 9.17) is 9.47 Å². The van der Waals surface area contributed by atoms with Crippen molar-refractivity contribution in [2.75, 3.05) is 0 Å². The molecule has 1 amide bonds. The molecule has 0 spiro atoms. The van der Waals surface area contributed by atoms with E-state index in [1.165, 1.54) is 0 Å². The summed E-state index contributed by atoms with van der Waals surface area (Å²) in [5, 5.41) is 4.78. The van der Waals surface area contributed by atoms with Gasteiger partial charge < -0.3 is 14.8 Å². The monoisotopic (exact) mass is 405 g/mol. The van der Waals surface area contributed by atoms with E-state index in [9.17, 15) is 9.59 Å². The molecule has 0 bridgehead atoms. The standard InChI is InChI=1S/C25H27NO4/c1-25(2,3)30-24(28)26-22(16-18-10-5-4-6-11-18)23(27)29-17-20-14-9-13-19-12-7-8-15-21(19)20/h4-15,22H,16-17H2,1-3H3,(H,26,28)/t22-/m0/s1. The molecule has 3 rings (SSSR count). The molecule has 0 saturated carbocycles. The second-order valence-corrected chi connectivity index (χ2v) is 8.13. The average Bonchev–Trinajstić information content (AvgIpc) is 2.71. The maximum Gasteiger partial charge on any atom is 0.408 e. The summed E-state index contributed by atoms with van der Waals surface area (Å²) in [6.07, 6.45) is -0.334. The van der Waals surface area contributed by atoms with Crippen LogP contribution >= 0.6 is 0 Å². The molecule has 0 unspecified atom stereocenters. The highest BCUT2D eigenvalue weighted by Crippen LogP contribution is 2.19. The summed E-state index contributed by atoms with van der Waals surface area (Å²) in [5.74, 6) is -0.502. The first-order valence-corrected chi connectivity index (χ1v) is 9.98. The zero-order chi connectivity index (χ0) is 21.6. The summed E-state index contributed by atoms with van der Waals surface area (Å²) in [4.78, 5) is 25.1. The van der Waals surface area contributed by atoms with Gasteiger partial charge in [0.2, 0.25) is 0 Å². The smallest absolute Gasteiger partial charge is 0.408 e. The fourth-order valence-corrected chi connectivity index (χ4v) is 3.16. The third-order valence-corrected chi connectivity index (χ3v) is 4.51.